The predicted molar refractivity (Wildman–Crippen MR) is 61.6 cm³/mol. The zero-order valence-electron chi connectivity index (χ0n) is 8.98. The fourth-order valence-electron chi connectivity index (χ4n) is 1.87. The van der Waals surface area contributed by atoms with Gasteiger partial charge in [0.2, 0.25) is 0 Å². The Kier molecular flexibility index (Phi) is 2.79. The van der Waals surface area contributed by atoms with Crippen molar-refractivity contribution in [2.24, 2.45) is 0 Å². The summed E-state index contributed by atoms with van der Waals surface area (Å²) in [5.41, 5.74) is -0.540. The highest BCUT2D eigenvalue weighted by molar-refractivity contribution is 7.91. The van der Waals surface area contributed by atoms with Crippen molar-refractivity contribution in [2.45, 2.75) is 12.0 Å². The SMILES string of the molecule is N#CC1(Nc2ccc(F)cc2)CCS(=O)(=O)C1. The monoisotopic (exact) mass is 254 g/mol. The van der Waals surface area contributed by atoms with Gasteiger partial charge in [-0.3, -0.25) is 0 Å². The van der Waals surface area contributed by atoms with Crippen LogP contribution < -0.4 is 5.32 Å². The minimum Gasteiger partial charge on any atom is -0.367 e. The van der Waals surface area contributed by atoms with E-state index in [1.54, 1.807) is 0 Å². The van der Waals surface area contributed by atoms with Crippen LogP contribution in [-0.4, -0.2) is 25.5 Å². The first-order chi connectivity index (χ1) is 7.95. The van der Waals surface area contributed by atoms with Crippen LogP contribution in [-0.2, 0) is 9.84 Å². The normalized spacial score (nSPS) is 26.4. The molecule has 1 atom stereocenters. The highest BCUT2D eigenvalue weighted by Crippen LogP contribution is 2.27. The van der Waals surface area contributed by atoms with Crippen molar-refractivity contribution < 1.29 is 12.8 Å². The number of sulfone groups is 1. The first-order valence-corrected chi connectivity index (χ1v) is 6.92. The molecular weight excluding hydrogens is 243 g/mol. The van der Waals surface area contributed by atoms with Gasteiger partial charge in [-0.25, -0.2) is 12.8 Å². The molecule has 0 aromatic heterocycles. The second-order valence-electron chi connectivity index (χ2n) is 4.17. The average Bonchev–Trinajstić information content (AvgIpc) is 2.59. The van der Waals surface area contributed by atoms with Gasteiger partial charge in [0, 0.05) is 5.69 Å². The van der Waals surface area contributed by atoms with E-state index >= 15 is 0 Å². The maximum Gasteiger partial charge on any atom is 0.153 e. The van der Waals surface area contributed by atoms with E-state index in [-0.39, 0.29) is 23.7 Å². The van der Waals surface area contributed by atoms with Crippen LogP contribution in [0.4, 0.5) is 10.1 Å². The molecule has 0 bridgehead atoms. The van der Waals surface area contributed by atoms with Crippen molar-refractivity contribution in [3.05, 3.63) is 30.1 Å². The van der Waals surface area contributed by atoms with Crippen LogP contribution in [0.15, 0.2) is 24.3 Å². The second-order valence-corrected chi connectivity index (χ2v) is 6.35. The standard InChI is InChI=1S/C11H11FN2O2S/c12-9-1-3-10(4-2-9)14-11(7-13)5-6-17(15,16)8-11/h1-4,14H,5-6,8H2. The summed E-state index contributed by atoms with van der Waals surface area (Å²) in [6.07, 6.45) is 0.253. The van der Waals surface area contributed by atoms with Crippen LogP contribution in [0.25, 0.3) is 0 Å². The number of hydrogen-bond donors (Lipinski definition) is 1. The van der Waals surface area contributed by atoms with Gasteiger partial charge in [0.05, 0.1) is 17.6 Å². The lowest BCUT2D eigenvalue weighted by Gasteiger charge is -2.21. The Morgan fingerprint density at radius 2 is 2.00 bits per heavy atom. The summed E-state index contributed by atoms with van der Waals surface area (Å²) in [6, 6.07) is 7.50. The molecule has 4 nitrogen and oxygen atoms in total. The van der Waals surface area contributed by atoms with Crippen molar-refractivity contribution in [3.63, 3.8) is 0 Å². The molecule has 1 saturated heterocycles. The molecule has 0 radical (unpaired) electrons. The van der Waals surface area contributed by atoms with Crippen molar-refractivity contribution in [1.82, 2.24) is 0 Å². The molecule has 17 heavy (non-hydrogen) atoms. The molecule has 1 heterocycles. The van der Waals surface area contributed by atoms with E-state index < -0.39 is 15.4 Å². The summed E-state index contributed by atoms with van der Waals surface area (Å²) in [7, 11) is -3.15. The van der Waals surface area contributed by atoms with Gasteiger partial charge in [0.1, 0.15) is 11.4 Å². The molecule has 1 N–H and O–H groups in total. The molecule has 0 saturated carbocycles. The van der Waals surface area contributed by atoms with Gasteiger partial charge in [-0.15, -0.1) is 0 Å². The quantitative estimate of drug-likeness (QED) is 0.864. The van der Waals surface area contributed by atoms with Crippen molar-refractivity contribution in [3.8, 4) is 6.07 Å². The molecule has 0 amide bonds. The summed E-state index contributed by atoms with van der Waals surface area (Å²) < 4.78 is 35.5. The summed E-state index contributed by atoms with van der Waals surface area (Å²) in [5, 5.41) is 12.0. The largest absolute Gasteiger partial charge is 0.367 e. The van der Waals surface area contributed by atoms with Gasteiger partial charge >= 0.3 is 0 Å². The maximum absolute atomic E-state index is 12.7. The highest BCUT2D eigenvalue weighted by atomic mass is 32.2. The number of nitriles is 1. The maximum atomic E-state index is 12.7. The van der Waals surface area contributed by atoms with Crippen molar-refractivity contribution in [2.75, 3.05) is 16.8 Å². The number of halogens is 1. The summed E-state index contributed by atoms with van der Waals surface area (Å²) in [6.45, 7) is 0. The van der Waals surface area contributed by atoms with E-state index in [2.05, 4.69) is 5.32 Å². The Morgan fingerprint density at radius 1 is 1.35 bits per heavy atom. The Bertz CT molecular complexity index is 562. The number of rotatable bonds is 2. The molecule has 0 spiro atoms. The molecule has 1 aromatic carbocycles. The van der Waals surface area contributed by atoms with Gasteiger partial charge in [-0.05, 0) is 30.7 Å². The summed E-state index contributed by atoms with van der Waals surface area (Å²) in [5.74, 6) is -0.566. The van der Waals surface area contributed by atoms with Gasteiger partial charge in [-0.1, -0.05) is 0 Å². The topological polar surface area (TPSA) is 70.0 Å². The first-order valence-electron chi connectivity index (χ1n) is 5.10. The van der Waals surface area contributed by atoms with E-state index in [4.69, 9.17) is 5.26 Å². The Hall–Kier alpha value is -1.61. The minimum atomic E-state index is -3.15. The van der Waals surface area contributed by atoms with Gasteiger partial charge in [0.15, 0.2) is 9.84 Å². The lowest BCUT2D eigenvalue weighted by Crippen LogP contribution is -2.37. The summed E-state index contributed by atoms with van der Waals surface area (Å²) >= 11 is 0. The van der Waals surface area contributed by atoms with Gasteiger partial charge in [-0.2, -0.15) is 5.26 Å². The minimum absolute atomic E-state index is 0.00869. The van der Waals surface area contributed by atoms with Crippen LogP contribution in [0.3, 0.4) is 0 Å². The van der Waals surface area contributed by atoms with Crippen molar-refractivity contribution >= 4 is 15.5 Å². The third-order valence-corrected chi connectivity index (χ3v) is 4.51. The molecule has 0 aliphatic carbocycles. The molecule has 1 fully saturated rings. The van der Waals surface area contributed by atoms with Crippen molar-refractivity contribution in [1.29, 1.82) is 5.26 Å². The zero-order valence-corrected chi connectivity index (χ0v) is 9.80. The van der Waals surface area contributed by atoms with E-state index in [0.29, 0.717) is 5.69 Å². The number of nitrogens with zero attached hydrogens (tertiary/aromatic N) is 1. The molecule has 6 heteroatoms. The van der Waals surface area contributed by atoms with Crippen LogP contribution in [0, 0.1) is 17.1 Å². The van der Waals surface area contributed by atoms with Crippen LogP contribution >= 0.6 is 0 Å². The lowest BCUT2D eigenvalue weighted by atomic mass is 10.0. The molecule has 1 aliphatic heterocycles. The number of benzene rings is 1. The number of hydrogen-bond acceptors (Lipinski definition) is 4. The third-order valence-electron chi connectivity index (χ3n) is 2.75. The molecular formula is C11H11FN2O2S. The molecule has 90 valence electrons. The lowest BCUT2D eigenvalue weighted by molar-refractivity contribution is 0.599. The average molecular weight is 254 g/mol. The molecule has 1 unspecified atom stereocenters. The third kappa shape index (κ3) is 2.56. The van der Waals surface area contributed by atoms with Gasteiger partial charge < -0.3 is 5.32 Å². The molecule has 2 rings (SSSR count). The molecule has 1 aliphatic rings. The number of anilines is 1. The van der Waals surface area contributed by atoms with Crippen LogP contribution in [0.2, 0.25) is 0 Å². The predicted octanol–water partition coefficient (Wildman–Crippen LogP) is 1.32. The van der Waals surface area contributed by atoms with E-state index in [0.717, 1.165) is 0 Å². The van der Waals surface area contributed by atoms with Gasteiger partial charge in [0.25, 0.3) is 0 Å². The Morgan fingerprint density at radius 3 is 2.47 bits per heavy atom. The van der Waals surface area contributed by atoms with E-state index in [1.807, 2.05) is 6.07 Å². The molecule has 1 aromatic rings. The fraction of sp³-hybridized carbons (Fsp3) is 0.364. The Labute approximate surface area is 99.0 Å². The Balaban J connectivity index is 2.22. The fourth-order valence-corrected chi connectivity index (χ4v) is 3.71. The van der Waals surface area contributed by atoms with Crippen LogP contribution in [0.1, 0.15) is 6.42 Å². The summed E-state index contributed by atoms with van der Waals surface area (Å²) in [4.78, 5) is 0. The number of nitrogens with one attached hydrogen (secondary N) is 1. The van der Waals surface area contributed by atoms with E-state index in [9.17, 15) is 12.8 Å². The van der Waals surface area contributed by atoms with Crippen LogP contribution in [0.5, 0.6) is 0 Å². The highest BCUT2D eigenvalue weighted by Gasteiger charge is 2.42. The smallest absolute Gasteiger partial charge is 0.153 e. The second kappa shape index (κ2) is 4.00. The zero-order chi connectivity index (χ0) is 12.5. The van der Waals surface area contributed by atoms with E-state index in [1.165, 1.54) is 24.3 Å². The first kappa shape index (κ1) is 11.9.